The smallest absolute Gasteiger partial charge is 0.254 e. The van der Waals surface area contributed by atoms with Crippen molar-refractivity contribution in [2.45, 2.75) is 13.0 Å². The number of hydrogen-bond acceptors (Lipinski definition) is 6. The monoisotopic (exact) mass is 469 g/mol. The summed E-state index contributed by atoms with van der Waals surface area (Å²) in [7, 11) is 5.89. The molecule has 0 unspecified atom stereocenters. The molecule has 0 bridgehead atoms. The Balaban J connectivity index is 1.44. The minimum atomic E-state index is -0.103. The minimum Gasteiger partial charge on any atom is -0.457 e. The SMILES string of the molecule is CN(C)CCCNc1nc(CN(C)C(=O)c2ccc(Oc3ccccc3)cc2)nc2ccccc12. The summed E-state index contributed by atoms with van der Waals surface area (Å²) < 4.78 is 5.82. The fraction of sp³-hybridized carbons (Fsp3) is 0.250. The number of nitrogens with zero attached hydrogens (tertiary/aromatic N) is 4. The summed E-state index contributed by atoms with van der Waals surface area (Å²) in [6, 6.07) is 24.6. The predicted molar refractivity (Wildman–Crippen MR) is 140 cm³/mol. The molecule has 0 aliphatic heterocycles. The molecule has 4 rings (SSSR count). The van der Waals surface area contributed by atoms with Crippen LogP contribution in [0.25, 0.3) is 10.9 Å². The highest BCUT2D eigenvalue weighted by Gasteiger charge is 2.15. The quantitative estimate of drug-likeness (QED) is 0.328. The highest BCUT2D eigenvalue weighted by Crippen LogP contribution is 2.23. The molecule has 0 fully saturated rings. The average molecular weight is 470 g/mol. The van der Waals surface area contributed by atoms with Crippen LogP contribution in [0.5, 0.6) is 11.5 Å². The molecular weight excluding hydrogens is 438 g/mol. The Kier molecular flexibility index (Phi) is 7.90. The van der Waals surface area contributed by atoms with Gasteiger partial charge in [-0.3, -0.25) is 4.79 Å². The van der Waals surface area contributed by atoms with Gasteiger partial charge in [0.2, 0.25) is 0 Å². The number of aromatic nitrogens is 2. The highest BCUT2D eigenvalue weighted by molar-refractivity contribution is 5.94. The largest absolute Gasteiger partial charge is 0.457 e. The lowest BCUT2D eigenvalue weighted by Crippen LogP contribution is -2.27. The maximum atomic E-state index is 13.1. The molecule has 0 aliphatic rings. The molecule has 1 heterocycles. The van der Waals surface area contributed by atoms with Crippen LogP contribution in [0.4, 0.5) is 5.82 Å². The third-order valence-corrected chi connectivity index (χ3v) is 5.53. The van der Waals surface area contributed by atoms with Crippen molar-refractivity contribution in [2.24, 2.45) is 0 Å². The van der Waals surface area contributed by atoms with E-state index in [4.69, 9.17) is 14.7 Å². The van der Waals surface area contributed by atoms with E-state index in [9.17, 15) is 4.79 Å². The number of fused-ring (bicyclic) bond motifs is 1. The van der Waals surface area contributed by atoms with Crippen LogP contribution in [0.3, 0.4) is 0 Å². The topological polar surface area (TPSA) is 70.6 Å². The third-order valence-electron chi connectivity index (χ3n) is 5.53. The number of ether oxygens (including phenoxy) is 1. The van der Waals surface area contributed by atoms with Crippen molar-refractivity contribution < 1.29 is 9.53 Å². The molecule has 0 atom stereocenters. The number of benzene rings is 3. The fourth-order valence-corrected chi connectivity index (χ4v) is 3.73. The fourth-order valence-electron chi connectivity index (χ4n) is 3.73. The van der Waals surface area contributed by atoms with Crippen LogP contribution in [0, 0.1) is 0 Å². The van der Waals surface area contributed by atoms with Crippen LogP contribution in [0.15, 0.2) is 78.9 Å². The third kappa shape index (κ3) is 6.55. The summed E-state index contributed by atoms with van der Waals surface area (Å²) in [5.41, 5.74) is 1.44. The number of para-hydroxylation sites is 2. The number of anilines is 1. The summed E-state index contributed by atoms with van der Waals surface area (Å²) in [5, 5.41) is 4.42. The summed E-state index contributed by atoms with van der Waals surface area (Å²) in [6.45, 7) is 2.11. The van der Waals surface area contributed by atoms with E-state index < -0.39 is 0 Å². The van der Waals surface area contributed by atoms with E-state index >= 15 is 0 Å². The van der Waals surface area contributed by atoms with Crippen molar-refractivity contribution in [3.63, 3.8) is 0 Å². The maximum Gasteiger partial charge on any atom is 0.254 e. The molecule has 1 N–H and O–H groups in total. The molecule has 35 heavy (non-hydrogen) atoms. The first-order valence-corrected chi connectivity index (χ1v) is 11.7. The van der Waals surface area contributed by atoms with Gasteiger partial charge in [0.05, 0.1) is 12.1 Å². The van der Waals surface area contributed by atoms with E-state index in [1.807, 2.05) is 54.6 Å². The molecule has 4 aromatic rings. The number of carbonyl (C=O) groups is 1. The van der Waals surface area contributed by atoms with Crippen molar-refractivity contribution in [3.8, 4) is 11.5 Å². The van der Waals surface area contributed by atoms with E-state index in [-0.39, 0.29) is 5.91 Å². The molecule has 7 nitrogen and oxygen atoms in total. The van der Waals surface area contributed by atoms with E-state index in [0.717, 1.165) is 42.0 Å². The van der Waals surface area contributed by atoms with Crippen molar-refractivity contribution in [2.75, 3.05) is 39.5 Å². The second-order valence-corrected chi connectivity index (χ2v) is 8.69. The second kappa shape index (κ2) is 11.4. The number of nitrogens with one attached hydrogen (secondary N) is 1. The lowest BCUT2D eigenvalue weighted by atomic mass is 10.2. The van der Waals surface area contributed by atoms with Gasteiger partial charge in [0, 0.05) is 24.5 Å². The first kappa shape index (κ1) is 24.2. The molecule has 7 heteroatoms. The summed E-state index contributed by atoms with van der Waals surface area (Å²) in [4.78, 5) is 26.3. The van der Waals surface area contributed by atoms with Gasteiger partial charge in [-0.25, -0.2) is 9.97 Å². The Morgan fingerprint density at radius 1 is 0.857 bits per heavy atom. The number of rotatable bonds is 10. The molecule has 0 saturated carbocycles. The van der Waals surface area contributed by atoms with E-state index in [1.54, 1.807) is 36.2 Å². The van der Waals surface area contributed by atoms with E-state index in [2.05, 4.69) is 24.3 Å². The van der Waals surface area contributed by atoms with Gasteiger partial charge in [-0.05, 0) is 75.6 Å². The van der Waals surface area contributed by atoms with Gasteiger partial charge < -0.3 is 19.9 Å². The molecule has 0 aliphatic carbocycles. The summed E-state index contributed by atoms with van der Waals surface area (Å²) in [5.74, 6) is 2.72. The zero-order valence-corrected chi connectivity index (χ0v) is 20.4. The van der Waals surface area contributed by atoms with Crippen molar-refractivity contribution in [1.29, 1.82) is 0 Å². The van der Waals surface area contributed by atoms with Crippen molar-refractivity contribution in [3.05, 3.63) is 90.3 Å². The van der Waals surface area contributed by atoms with Crippen LogP contribution >= 0.6 is 0 Å². The van der Waals surface area contributed by atoms with Crippen LogP contribution in [0.2, 0.25) is 0 Å². The standard InChI is InChI=1S/C28H31N5O2/c1-32(2)19-9-18-29-27-24-12-7-8-13-25(24)30-26(31-27)20-33(3)28(34)21-14-16-23(17-15-21)35-22-10-5-4-6-11-22/h4-8,10-17H,9,18-20H2,1-3H3,(H,29,30,31). The van der Waals surface area contributed by atoms with E-state index in [1.165, 1.54) is 0 Å². The molecule has 1 amide bonds. The zero-order valence-electron chi connectivity index (χ0n) is 20.4. The number of carbonyl (C=O) groups excluding carboxylic acids is 1. The van der Waals surface area contributed by atoms with Gasteiger partial charge in [-0.1, -0.05) is 30.3 Å². The Labute approximate surface area is 206 Å². The summed E-state index contributed by atoms with van der Waals surface area (Å²) >= 11 is 0. The van der Waals surface area contributed by atoms with Gasteiger partial charge >= 0.3 is 0 Å². The van der Waals surface area contributed by atoms with Gasteiger partial charge in [-0.15, -0.1) is 0 Å². The zero-order chi connectivity index (χ0) is 24.6. The van der Waals surface area contributed by atoms with Crippen LogP contribution < -0.4 is 10.1 Å². The average Bonchev–Trinajstić information content (AvgIpc) is 2.87. The molecule has 0 radical (unpaired) electrons. The number of hydrogen-bond donors (Lipinski definition) is 1. The van der Waals surface area contributed by atoms with Crippen LogP contribution in [-0.2, 0) is 6.54 Å². The minimum absolute atomic E-state index is 0.103. The Morgan fingerprint density at radius 2 is 1.54 bits per heavy atom. The lowest BCUT2D eigenvalue weighted by Gasteiger charge is -2.18. The molecule has 3 aromatic carbocycles. The Bertz CT molecular complexity index is 1260. The Morgan fingerprint density at radius 3 is 2.29 bits per heavy atom. The highest BCUT2D eigenvalue weighted by atomic mass is 16.5. The van der Waals surface area contributed by atoms with E-state index in [0.29, 0.717) is 23.7 Å². The molecular formula is C28H31N5O2. The van der Waals surface area contributed by atoms with Gasteiger partial charge in [0.25, 0.3) is 5.91 Å². The first-order valence-electron chi connectivity index (χ1n) is 11.7. The molecule has 0 spiro atoms. The van der Waals surface area contributed by atoms with Crippen molar-refractivity contribution in [1.82, 2.24) is 19.8 Å². The molecule has 0 saturated heterocycles. The summed E-state index contributed by atoms with van der Waals surface area (Å²) in [6.07, 6.45) is 1.00. The second-order valence-electron chi connectivity index (χ2n) is 8.69. The Hall–Kier alpha value is -3.97. The van der Waals surface area contributed by atoms with Gasteiger partial charge in [0.1, 0.15) is 17.3 Å². The molecule has 180 valence electrons. The normalized spacial score (nSPS) is 11.0. The van der Waals surface area contributed by atoms with Gasteiger partial charge in [-0.2, -0.15) is 0 Å². The lowest BCUT2D eigenvalue weighted by molar-refractivity contribution is 0.0781. The predicted octanol–water partition coefficient (Wildman–Crippen LogP) is 5.06. The van der Waals surface area contributed by atoms with Crippen LogP contribution in [0.1, 0.15) is 22.6 Å². The number of amides is 1. The van der Waals surface area contributed by atoms with Gasteiger partial charge in [0.15, 0.2) is 5.82 Å². The maximum absolute atomic E-state index is 13.1. The first-order chi connectivity index (χ1) is 17.0. The van der Waals surface area contributed by atoms with Crippen LogP contribution in [-0.4, -0.2) is 59.9 Å². The molecule has 1 aromatic heterocycles. The van der Waals surface area contributed by atoms with Crippen molar-refractivity contribution >= 4 is 22.6 Å².